The average Bonchev–Trinajstić information content (AvgIpc) is 3.00. The SMILES string of the molecule is N#Cc1c(F)cccc1NCCS(=O)(=O)N1CCc2ccccc21. The van der Waals surface area contributed by atoms with Gasteiger partial charge in [0.2, 0.25) is 10.0 Å². The normalized spacial score (nSPS) is 13.4. The van der Waals surface area contributed by atoms with Crippen LogP contribution in [0.2, 0.25) is 0 Å². The first-order chi connectivity index (χ1) is 11.5. The molecule has 0 unspecified atom stereocenters. The van der Waals surface area contributed by atoms with Gasteiger partial charge in [-0.25, -0.2) is 12.8 Å². The van der Waals surface area contributed by atoms with Crippen molar-refractivity contribution >= 4 is 21.4 Å². The number of para-hydroxylation sites is 1. The molecule has 1 N–H and O–H groups in total. The van der Waals surface area contributed by atoms with Crippen LogP contribution in [0.5, 0.6) is 0 Å². The Morgan fingerprint density at radius 1 is 1.21 bits per heavy atom. The summed E-state index contributed by atoms with van der Waals surface area (Å²) in [6.07, 6.45) is 0.700. The summed E-state index contributed by atoms with van der Waals surface area (Å²) in [5, 5.41) is 11.8. The van der Waals surface area contributed by atoms with Crippen LogP contribution in [-0.4, -0.2) is 27.3 Å². The maximum Gasteiger partial charge on any atom is 0.236 e. The molecule has 0 radical (unpaired) electrons. The smallest absolute Gasteiger partial charge is 0.236 e. The van der Waals surface area contributed by atoms with Crippen molar-refractivity contribution in [1.82, 2.24) is 0 Å². The molecule has 7 heteroatoms. The zero-order valence-corrected chi connectivity index (χ0v) is 13.7. The minimum absolute atomic E-state index is 0.0964. The predicted octanol–water partition coefficient (Wildman–Crippen LogP) is 2.50. The third-order valence-corrected chi connectivity index (χ3v) is 5.75. The van der Waals surface area contributed by atoms with E-state index in [9.17, 15) is 12.8 Å². The molecule has 0 aromatic heterocycles. The van der Waals surface area contributed by atoms with E-state index in [0.717, 1.165) is 11.3 Å². The summed E-state index contributed by atoms with van der Waals surface area (Å²) in [6.45, 7) is 0.532. The highest BCUT2D eigenvalue weighted by Crippen LogP contribution is 2.30. The topological polar surface area (TPSA) is 73.2 Å². The van der Waals surface area contributed by atoms with Gasteiger partial charge in [-0.05, 0) is 30.2 Å². The number of rotatable bonds is 5. The van der Waals surface area contributed by atoms with Crippen LogP contribution in [0.15, 0.2) is 42.5 Å². The number of anilines is 2. The molecule has 2 aromatic rings. The van der Waals surface area contributed by atoms with Crippen molar-refractivity contribution in [3.05, 3.63) is 59.4 Å². The van der Waals surface area contributed by atoms with E-state index in [4.69, 9.17) is 5.26 Å². The molecule has 1 aliphatic rings. The van der Waals surface area contributed by atoms with Crippen molar-refractivity contribution in [3.8, 4) is 6.07 Å². The molecule has 1 heterocycles. The molecule has 0 spiro atoms. The second kappa shape index (κ2) is 6.49. The molecule has 5 nitrogen and oxygen atoms in total. The van der Waals surface area contributed by atoms with Gasteiger partial charge in [-0.1, -0.05) is 24.3 Å². The van der Waals surface area contributed by atoms with E-state index in [0.29, 0.717) is 18.7 Å². The van der Waals surface area contributed by atoms with Gasteiger partial charge < -0.3 is 5.32 Å². The van der Waals surface area contributed by atoms with Gasteiger partial charge >= 0.3 is 0 Å². The van der Waals surface area contributed by atoms with Crippen LogP contribution in [0, 0.1) is 17.1 Å². The molecule has 124 valence electrons. The number of nitrogens with zero attached hydrogens (tertiary/aromatic N) is 2. The number of benzene rings is 2. The van der Waals surface area contributed by atoms with Gasteiger partial charge in [0.05, 0.1) is 17.1 Å². The first-order valence-electron chi connectivity index (χ1n) is 7.54. The zero-order valence-electron chi connectivity index (χ0n) is 12.9. The largest absolute Gasteiger partial charge is 0.383 e. The summed E-state index contributed by atoms with van der Waals surface area (Å²) < 4.78 is 40.1. The van der Waals surface area contributed by atoms with Gasteiger partial charge in [0, 0.05) is 13.1 Å². The van der Waals surface area contributed by atoms with E-state index in [1.165, 1.54) is 16.4 Å². The zero-order chi connectivity index (χ0) is 17.2. The van der Waals surface area contributed by atoms with Gasteiger partial charge in [0.15, 0.2) is 0 Å². The number of fused-ring (bicyclic) bond motifs is 1. The Kier molecular flexibility index (Phi) is 4.40. The van der Waals surface area contributed by atoms with Crippen LogP contribution in [-0.2, 0) is 16.4 Å². The van der Waals surface area contributed by atoms with Crippen molar-refractivity contribution in [2.75, 3.05) is 28.5 Å². The second-order valence-electron chi connectivity index (χ2n) is 5.47. The van der Waals surface area contributed by atoms with Gasteiger partial charge in [-0.3, -0.25) is 4.31 Å². The van der Waals surface area contributed by atoms with Crippen molar-refractivity contribution in [2.24, 2.45) is 0 Å². The summed E-state index contributed by atoms with van der Waals surface area (Å²) in [5.41, 5.74) is 1.93. The Bertz CT molecular complexity index is 906. The van der Waals surface area contributed by atoms with Crippen LogP contribution >= 0.6 is 0 Å². The standard InChI is InChI=1S/C17H16FN3O2S/c18-15-5-3-6-16(14(15)12-19)20-9-11-24(22,23)21-10-8-13-4-1-2-7-17(13)21/h1-7,20H,8-11H2. The summed E-state index contributed by atoms with van der Waals surface area (Å²) in [7, 11) is -3.48. The molecule has 0 saturated carbocycles. The first-order valence-corrected chi connectivity index (χ1v) is 9.14. The lowest BCUT2D eigenvalue weighted by atomic mass is 10.2. The molecule has 24 heavy (non-hydrogen) atoms. The number of nitrogens with one attached hydrogen (secondary N) is 1. The van der Waals surface area contributed by atoms with E-state index in [-0.39, 0.29) is 17.9 Å². The maximum absolute atomic E-state index is 13.5. The molecular weight excluding hydrogens is 329 g/mol. The molecule has 0 saturated heterocycles. The Labute approximate surface area is 140 Å². The number of nitriles is 1. The second-order valence-corrected chi connectivity index (χ2v) is 7.48. The number of hydrogen-bond donors (Lipinski definition) is 1. The molecule has 1 aliphatic heterocycles. The summed E-state index contributed by atoms with van der Waals surface area (Å²) in [6, 6.07) is 13.4. The number of halogens is 1. The Morgan fingerprint density at radius 2 is 2.00 bits per heavy atom. The van der Waals surface area contributed by atoms with Crippen molar-refractivity contribution in [1.29, 1.82) is 5.26 Å². The Morgan fingerprint density at radius 3 is 2.79 bits per heavy atom. The van der Waals surface area contributed by atoms with E-state index < -0.39 is 15.8 Å². The quantitative estimate of drug-likeness (QED) is 0.904. The van der Waals surface area contributed by atoms with Gasteiger partial charge in [-0.15, -0.1) is 0 Å². The molecular formula is C17H16FN3O2S. The van der Waals surface area contributed by atoms with Crippen LogP contribution in [0.1, 0.15) is 11.1 Å². The molecule has 0 atom stereocenters. The summed E-state index contributed by atoms with van der Waals surface area (Å²) in [5.74, 6) is -0.762. The van der Waals surface area contributed by atoms with E-state index in [1.807, 2.05) is 18.2 Å². The summed E-state index contributed by atoms with van der Waals surface area (Å²) in [4.78, 5) is 0. The van der Waals surface area contributed by atoms with E-state index in [1.54, 1.807) is 18.2 Å². The molecule has 0 fully saturated rings. The van der Waals surface area contributed by atoms with E-state index >= 15 is 0 Å². The van der Waals surface area contributed by atoms with Gasteiger partial charge in [0.25, 0.3) is 0 Å². The summed E-state index contributed by atoms with van der Waals surface area (Å²) >= 11 is 0. The molecule has 0 amide bonds. The van der Waals surface area contributed by atoms with Gasteiger partial charge in [-0.2, -0.15) is 5.26 Å². The highest BCUT2D eigenvalue weighted by atomic mass is 32.2. The Hall–Kier alpha value is -2.59. The fraction of sp³-hybridized carbons (Fsp3) is 0.235. The predicted molar refractivity (Wildman–Crippen MR) is 90.9 cm³/mol. The number of hydrogen-bond acceptors (Lipinski definition) is 4. The third-order valence-electron chi connectivity index (χ3n) is 3.98. The Balaban J connectivity index is 1.70. The molecule has 0 bridgehead atoms. The molecule has 0 aliphatic carbocycles. The maximum atomic E-state index is 13.5. The van der Waals surface area contributed by atoms with Crippen LogP contribution in [0.25, 0.3) is 0 Å². The highest BCUT2D eigenvalue weighted by molar-refractivity contribution is 7.92. The molecule has 2 aromatic carbocycles. The lowest BCUT2D eigenvalue weighted by molar-refractivity contribution is 0.592. The monoisotopic (exact) mass is 345 g/mol. The first kappa shape index (κ1) is 16.3. The van der Waals surface area contributed by atoms with Gasteiger partial charge in [0.1, 0.15) is 17.4 Å². The lowest BCUT2D eigenvalue weighted by Gasteiger charge is -2.20. The highest BCUT2D eigenvalue weighted by Gasteiger charge is 2.28. The number of sulfonamides is 1. The van der Waals surface area contributed by atoms with E-state index in [2.05, 4.69) is 5.32 Å². The van der Waals surface area contributed by atoms with Crippen molar-refractivity contribution < 1.29 is 12.8 Å². The molecule has 3 rings (SSSR count). The minimum atomic E-state index is -3.48. The third kappa shape index (κ3) is 3.05. The minimum Gasteiger partial charge on any atom is -0.383 e. The fourth-order valence-corrected chi connectivity index (χ4v) is 4.23. The van der Waals surface area contributed by atoms with Crippen molar-refractivity contribution in [2.45, 2.75) is 6.42 Å². The van der Waals surface area contributed by atoms with Crippen LogP contribution in [0.4, 0.5) is 15.8 Å². The van der Waals surface area contributed by atoms with Crippen molar-refractivity contribution in [3.63, 3.8) is 0 Å². The average molecular weight is 345 g/mol. The van der Waals surface area contributed by atoms with Crippen LogP contribution < -0.4 is 9.62 Å². The lowest BCUT2D eigenvalue weighted by Crippen LogP contribution is -2.33. The van der Waals surface area contributed by atoms with Crippen LogP contribution in [0.3, 0.4) is 0 Å². The fourth-order valence-electron chi connectivity index (χ4n) is 2.81.